The smallest absolute Gasteiger partial charge is 0.236 e. The molecule has 4 nitrogen and oxygen atoms in total. The van der Waals surface area contributed by atoms with Crippen molar-refractivity contribution in [3.05, 3.63) is 35.0 Å². The molecule has 0 atom stereocenters. The van der Waals surface area contributed by atoms with Gasteiger partial charge in [0.15, 0.2) is 0 Å². The number of rotatable bonds is 2. The van der Waals surface area contributed by atoms with Crippen LogP contribution in [0.3, 0.4) is 0 Å². The Hall–Kier alpha value is -1.52. The number of benzene rings is 1. The van der Waals surface area contributed by atoms with E-state index in [1.807, 2.05) is 29.3 Å². The fourth-order valence-electron chi connectivity index (χ4n) is 2.31. The van der Waals surface area contributed by atoms with Crippen molar-refractivity contribution in [3.63, 3.8) is 0 Å². The van der Waals surface area contributed by atoms with Gasteiger partial charge in [0.05, 0.1) is 6.54 Å². The van der Waals surface area contributed by atoms with Gasteiger partial charge in [-0.05, 0) is 17.7 Å². The summed E-state index contributed by atoms with van der Waals surface area (Å²) >= 11 is 5.95. The Morgan fingerprint density at radius 2 is 2.28 bits per heavy atom. The molecule has 5 heteroatoms. The lowest BCUT2D eigenvalue weighted by atomic mass is 10.1. The second kappa shape index (κ2) is 4.63. The highest BCUT2D eigenvalue weighted by Crippen LogP contribution is 2.23. The van der Waals surface area contributed by atoms with Crippen LogP contribution in [0, 0.1) is 0 Å². The highest BCUT2D eigenvalue weighted by atomic mass is 35.5. The fraction of sp³-hybridized carbons (Fsp3) is 0.308. The Morgan fingerprint density at radius 3 is 3.11 bits per heavy atom. The Balaban J connectivity index is 1.88. The van der Waals surface area contributed by atoms with Gasteiger partial charge in [0.25, 0.3) is 0 Å². The molecule has 0 saturated carbocycles. The lowest BCUT2D eigenvalue weighted by Gasteiger charge is -2.27. The van der Waals surface area contributed by atoms with Crippen molar-refractivity contribution in [2.45, 2.75) is 6.54 Å². The van der Waals surface area contributed by atoms with E-state index in [2.05, 4.69) is 10.3 Å². The summed E-state index contributed by atoms with van der Waals surface area (Å²) in [6.07, 6.45) is 1.95. The zero-order chi connectivity index (χ0) is 12.5. The number of amides is 1. The molecule has 0 unspecified atom stereocenters. The van der Waals surface area contributed by atoms with Gasteiger partial charge in [-0.1, -0.05) is 17.7 Å². The molecule has 94 valence electrons. The summed E-state index contributed by atoms with van der Waals surface area (Å²) in [7, 11) is 0. The normalized spacial score (nSPS) is 16.5. The zero-order valence-corrected chi connectivity index (χ0v) is 10.6. The standard InChI is InChI=1S/C13H14ClN3O/c14-10-1-2-11-9(6-16-12(11)5-10)8-17-4-3-15-7-13(17)18/h1-2,5-6,15-16H,3-4,7-8H2. The molecule has 1 aliphatic heterocycles. The first-order chi connectivity index (χ1) is 8.74. The lowest BCUT2D eigenvalue weighted by molar-refractivity contribution is -0.132. The predicted molar refractivity (Wildman–Crippen MR) is 71.6 cm³/mol. The molecule has 1 aliphatic rings. The van der Waals surface area contributed by atoms with E-state index in [1.165, 1.54) is 0 Å². The number of carbonyl (C=O) groups is 1. The van der Waals surface area contributed by atoms with Crippen LogP contribution in [0.15, 0.2) is 24.4 Å². The van der Waals surface area contributed by atoms with E-state index < -0.39 is 0 Å². The topological polar surface area (TPSA) is 48.1 Å². The number of halogens is 1. The van der Waals surface area contributed by atoms with Gasteiger partial charge in [0.2, 0.25) is 5.91 Å². The highest BCUT2D eigenvalue weighted by molar-refractivity contribution is 6.31. The molecule has 1 saturated heterocycles. The largest absolute Gasteiger partial charge is 0.361 e. The van der Waals surface area contributed by atoms with Gasteiger partial charge in [0, 0.05) is 41.8 Å². The quantitative estimate of drug-likeness (QED) is 0.867. The summed E-state index contributed by atoms with van der Waals surface area (Å²) in [5, 5.41) is 4.92. The minimum atomic E-state index is 0.157. The third kappa shape index (κ3) is 2.09. The molecular weight excluding hydrogens is 250 g/mol. The molecule has 2 heterocycles. The molecule has 3 rings (SSSR count). The van der Waals surface area contributed by atoms with Crippen LogP contribution in [0.25, 0.3) is 10.9 Å². The van der Waals surface area contributed by atoms with E-state index in [9.17, 15) is 4.79 Å². The van der Waals surface area contributed by atoms with Crippen molar-refractivity contribution in [2.24, 2.45) is 0 Å². The van der Waals surface area contributed by atoms with Gasteiger partial charge in [-0.15, -0.1) is 0 Å². The molecule has 2 N–H and O–H groups in total. The molecule has 0 spiro atoms. The first-order valence-electron chi connectivity index (χ1n) is 5.98. The number of fused-ring (bicyclic) bond motifs is 1. The van der Waals surface area contributed by atoms with E-state index in [0.29, 0.717) is 18.1 Å². The van der Waals surface area contributed by atoms with Gasteiger partial charge < -0.3 is 15.2 Å². The van der Waals surface area contributed by atoms with Gasteiger partial charge in [-0.25, -0.2) is 0 Å². The van der Waals surface area contributed by atoms with E-state index in [0.717, 1.165) is 29.6 Å². The maximum Gasteiger partial charge on any atom is 0.236 e. The van der Waals surface area contributed by atoms with Crippen LogP contribution in [0.4, 0.5) is 0 Å². The maximum atomic E-state index is 11.7. The van der Waals surface area contributed by atoms with Crippen LogP contribution >= 0.6 is 11.6 Å². The average Bonchev–Trinajstić information content (AvgIpc) is 2.74. The number of carbonyl (C=O) groups excluding carboxylic acids is 1. The van der Waals surface area contributed by atoms with Crippen molar-refractivity contribution >= 4 is 28.4 Å². The first-order valence-corrected chi connectivity index (χ1v) is 6.36. The summed E-state index contributed by atoms with van der Waals surface area (Å²) in [5.74, 6) is 0.157. The molecule has 2 aromatic rings. The number of nitrogens with zero attached hydrogens (tertiary/aromatic N) is 1. The number of aromatic amines is 1. The van der Waals surface area contributed by atoms with E-state index >= 15 is 0 Å². The van der Waals surface area contributed by atoms with Crippen LogP contribution in [0.5, 0.6) is 0 Å². The summed E-state index contributed by atoms with van der Waals surface area (Å²) in [4.78, 5) is 16.8. The number of hydrogen-bond acceptors (Lipinski definition) is 2. The Bertz CT molecular complexity index is 593. The molecule has 1 aromatic heterocycles. The van der Waals surface area contributed by atoms with Crippen molar-refractivity contribution < 1.29 is 4.79 Å². The average molecular weight is 264 g/mol. The maximum absolute atomic E-state index is 11.7. The van der Waals surface area contributed by atoms with E-state index in [4.69, 9.17) is 11.6 Å². The second-order valence-corrected chi connectivity index (χ2v) is 4.93. The van der Waals surface area contributed by atoms with Crippen LogP contribution in [0.1, 0.15) is 5.56 Å². The number of hydrogen-bond donors (Lipinski definition) is 2. The Labute approximate surface area is 110 Å². The lowest BCUT2D eigenvalue weighted by Crippen LogP contribution is -2.47. The van der Waals surface area contributed by atoms with Crippen molar-refractivity contribution in [1.82, 2.24) is 15.2 Å². The fourth-order valence-corrected chi connectivity index (χ4v) is 2.48. The molecule has 18 heavy (non-hydrogen) atoms. The monoisotopic (exact) mass is 263 g/mol. The first kappa shape index (κ1) is 11.6. The molecule has 0 radical (unpaired) electrons. The van der Waals surface area contributed by atoms with Crippen LogP contribution in [-0.2, 0) is 11.3 Å². The van der Waals surface area contributed by atoms with Gasteiger partial charge in [0.1, 0.15) is 0 Å². The highest BCUT2D eigenvalue weighted by Gasteiger charge is 2.18. The minimum absolute atomic E-state index is 0.157. The van der Waals surface area contributed by atoms with E-state index in [1.54, 1.807) is 0 Å². The predicted octanol–water partition coefficient (Wildman–Crippen LogP) is 1.75. The number of nitrogens with one attached hydrogen (secondary N) is 2. The molecule has 0 aliphatic carbocycles. The number of H-pyrrole nitrogens is 1. The van der Waals surface area contributed by atoms with Gasteiger partial charge >= 0.3 is 0 Å². The third-order valence-corrected chi connectivity index (χ3v) is 3.51. The Kier molecular flexibility index (Phi) is 2.97. The van der Waals surface area contributed by atoms with Crippen LogP contribution < -0.4 is 5.32 Å². The van der Waals surface area contributed by atoms with Crippen LogP contribution in [0.2, 0.25) is 5.02 Å². The number of piperazine rings is 1. The minimum Gasteiger partial charge on any atom is -0.361 e. The molecule has 0 bridgehead atoms. The summed E-state index contributed by atoms with van der Waals surface area (Å²) in [6, 6.07) is 5.77. The number of aromatic nitrogens is 1. The van der Waals surface area contributed by atoms with Crippen molar-refractivity contribution in [3.8, 4) is 0 Å². The van der Waals surface area contributed by atoms with E-state index in [-0.39, 0.29) is 5.91 Å². The van der Waals surface area contributed by atoms with Gasteiger partial charge in [-0.3, -0.25) is 4.79 Å². The summed E-state index contributed by atoms with van der Waals surface area (Å²) in [5.41, 5.74) is 2.15. The summed E-state index contributed by atoms with van der Waals surface area (Å²) < 4.78 is 0. The second-order valence-electron chi connectivity index (χ2n) is 4.50. The SMILES string of the molecule is O=C1CNCCN1Cc1c[nH]c2cc(Cl)ccc12. The third-order valence-electron chi connectivity index (χ3n) is 3.28. The molecular formula is C13H14ClN3O. The Morgan fingerprint density at radius 1 is 1.39 bits per heavy atom. The van der Waals surface area contributed by atoms with Crippen molar-refractivity contribution in [2.75, 3.05) is 19.6 Å². The molecule has 1 aromatic carbocycles. The summed E-state index contributed by atoms with van der Waals surface area (Å²) in [6.45, 7) is 2.72. The van der Waals surface area contributed by atoms with Crippen LogP contribution in [-0.4, -0.2) is 35.4 Å². The van der Waals surface area contributed by atoms with Crippen molar-refractivity contribution in [1.29, 1.82) is 0 Å². The molecule has 1 fully saturated rings. The molecule has 1 amide bonds. The zero-order valence-electron chi connectivity index (χ0n) is 9.87. The van der Waals surface area contributed by atoms with Gasteiger partial charge in [-0.2, -0.15) is 0 Å².